The van der Waals surface area contributed by atoms with Crippen LogP contribution in [0.4, 0.5) is 0 Å². The second-order valence-corrected chi connectivity index (χ2v) is 5.98. The van der Waals surface area contributed by atoms with Crippen LogP contribution in [-0.4, -0.2) is 37.1 Å². The predicted octanol–water partition coefficient (Wildman–Crippen LogP) is 3.47. The maximum Gasteiger partial charge on any atom is 0.0221 e. The van der Waals surface area contributed by atoms with Gasteiger partial charge < -0.3 is 5.32 Å². The molecule has 0 aromatic heterocycles. The fourth-order valence-electron chi connectivity index (χ4n) is 3.20. The molecule has 1 aromatic carbocycles. The minimum absolute atomic E-state index is 0.778. The second kappa shape index (κ2) is 9.15. The first-order valence-electron chi connectivity index (χ1n) is 8.39. The van der Waals surface area contributed by atoms with Crippen molar-refractivity contribution < 1.29 is 0 Å². The van der Waals surface area contributed by atoms with Crippen molar-refractivity contribution in [2.24, 2.45) is 0 Å². The van der Waals surface area contributed by atoms with E-state index in [9.17, 15) is 0 Å². The van der Waals surface area contributed by atoms with E-state index in [1.807, 2.05) is 0 Å². The molecule has 0 bridgehead atoms. The predicted molar refractivity (Wildman–Crippen MR) is 87.1 cm³/mol. The van der Waals surface area contributed by atoms with Gasteiger partial charge in [-0.2, -0.15) is 0 Å². The molecule has 1 atom stereocenters. The van der Waals surface area contributed by atoms with Crippen LogP contribution in [0.3, 0.4) is 0 Å². The van der Waals surface area contributed by atoms with Crippen LogP contribution in [0.5, 0.6) is 0 Å². The van der Waals surface area contributed by atoms with Gasteiger partial charge in [0.25, 0.3) is 0 Å². The highest BCUT2D eigenvalue weighted by molar-refractivity contribution is 5.14. The molecule has 0 aliphatic carbocycles. The van der Waals surface area contributed by atoms with Crippen molar-refractivity contribution in [2.75, 3.05) is 26.2 Å². The van der Waals surface area contributed by atoms with Crippen LogP contribution in [0, 0.1) is 0 Å². The Labute approximate surface area is 124 Å². The van der Waals surface area contributed by atoms with Gasteiger partial charge in [-0.3, -0.25) is 4.90 Å². The number of piperidine rings is 1. The average Bonchev–Trinajstić information content (AvgIpc) is 2.52. The molecule has 1 unspecified atom stereocenters. The van der Waals surface area contributed by atoms with E-state index < -0.39 is 0 Å². The van der Waals surface area contributed by atoms with Gasteiger partial charge in [0.2, 0.25) is 0 Å². The SMILES string of the molecule is CCCN(CCCCc1ccccc1)C1CCCNC1. The Morgan fingerprint density at radius 1 is 1.15 bits per heavy atom. The minimum atomic E-state index is 0.778. The molecule has 1 aliphatic heterocycles. The number of nitrogens with zero attached hydrogens (tertiary/aromatic N) is 1. The van der Waals surface area contributed by atoms with Gasteiger partial charge in [-0.25, -0.2) is 0 Å². The van der Waals surface area contributed by atoms with Crippen LogP contribution >= 0.6 is 0 Å². The first-order valence-corrected chi connectivity index (χ1v) is 8.39. The van der Waals surface area contributed by atoms with Crippen molar-refractivity contribution in [1.29, 1.82) is 0 Å². The monoisotopic (exact) mass is 274 g/mol. The Kier molecular flexibility index (Phi) is 7.10. The van der Waals surface area contributed by atoms with E-state index in [-0.39, 0.29) is 0 Å². The Morgan fingerprint density at radius 3 is 2.70 bits per heavy atom. The van der Waals surface area contributed by atoms with Crippen LogP contribution < -0.4 is 5.32 Å². The van der Waals surface area contributed by atoms with Crippen molar-refractivity contribution in [3.63, 3.8) is 0 Å². The van der Waals surface area contributed by atoms with Crippen molar-refractivity contribution >= 4 is 0 Å². The number of aryl methyl sites for hydroxylation is 1. The third-order valence-electron chi connectivity index (χ3n) is 4.30. The summed E-state index contributed by atoms with van der Waals surface area (Å²) >= 11 is 0. The third kappa shape index (κ3) is 5.26. The molecule has 0 amide bonds. The zero-order valence-corrected chi connectivity index (χ0v) is 13.0. The molecule has 112 valence electrons. The maximum absolute atomic E-state index is 3.55. The van der Waals surface area contributed by atoms with Gasteiger partial charge in [-0.05, 0) is 63.7 Å². The number of benzene rings is 1. The van der Waals surface area contributed by atoms with Crippen LogP contribution in [0.25, 0.3) is 0 Å². The van der Waals surface area contributed by atoms with E-state index in [1.54, 1.807) is 0 Å². The molecular weight excluding hydrogens is 244 g/mol. The zero-order chi connectivity index (χ0) is 14.0. The normalized spacial score (nSPS) is 19.4. The van der Waals surface area contributed by atoms with E-state index in [0.29, 0.717) is 0 Å². The molecule has 1 saturated heterocycles. The molecule has 0 saturated carbocycles. The largest absolute Gasteiger partial charge is 0.315 e. The number of nitrogens with one attached hydrogen (secondary N) is 1. The van der Waals surface area contributed by atoms with E-state index in [2.05, 4.69) is 47.5 Å². The lowest BCUT2D eigenvalue weighted by molar-refractivity contribution is 0.163. The van der Waals surface area contributed by atoms with Gasteiger partial charge in [-0.1, -0.05) is 37.3 Å². The van der Waals surface area contributed by atoms with Crippen LogP contribution in [0.1, 0.15) is 44.6 Å². The van der Waals surface area contributed by atoms with Gasteiger partial charge >= 0.3 is 0 Å². The van der Waals surface area contributed by atoms with Crippen molar-refractivity contribution in [1.82, 2.24) is 10.2 Å². The molecule has 2 heteroatoms. The standard InChI is InChI=1S/C18H30N2/c1-2-14-20(18-12-8-13-19-16-18)15-7-6-11-17-9-4-3-5-10-17/h3-5,9-10,18-19H,2,6-8,11-16H2,1H3. The van der Waals surface area contributed by atoms with Crippen LogP contribution in [-0.2, 0) is 6.42 Å². The van der Waals surface area contributed by atoms with Gasteiger partial charge in [0.15, 0.2) is 0 Å². The molecular formula is C18H30N2. The molecule has 1 heterocycles. The quantitative estimate of drug-likeness (QED) is 0.730. The highest BCUT2D eigenvalue weighted by atomic mass is 15.2. The summed E-state index contributed by atoms with van der Waals surface area (Å²) in [5.41, 5.74) is 1.48. The highest BCUT2D eigenvalue weighted by Crippen LogP contribution is 2.13. The minimum Gasteiger partial charge on any atom is -0.315 e. The lowest BCUT2D eigenvalue weighted by Crippen LogP contribution is -2.46. The van der Waals surface area contributed by atoms with E-state index in [4.69, 9.17) is 0 Å². The average molecular weight is 274 g/mol. The van der Waals surface area contributed by atoms with Gasteiger partial charge in [-0.15, -0.1) is 0 Å². The van der Waals surface area contributed by atoms with Gasteiger partial charge in [0.1, 0.15) is 0 Å². The summed E-state index contributed by atoms with van der Waals surface area (Å²) in [5.74, 6) is 0. The molecule has 1 aromatic rings. The maximum atomic E-state index is 3.55. The lowest BCUT2D eigenvalue weighted by atomic mass is 10.0. The summed E-state index contributed by atoms with van der Waals surface area (Å²) < 4.78 is 0. The topological polar surface area (TPSA) is 15.3 Å². The summed E-state index contributed by atoms with van der Waals surface area (Å²) in [5, 5.41) is 3.55. The number of rotatable bonds is 8. The molecule has 1 fully saturated rings. The number of unbranched alkanes of at least 4 members (excludes halogenated alkanes) is 1. The lowest BCUT2D eigenvalue weighted by Gasteiger charge is -2.34. The Balaban J connectivity index is 1.69. The third-order valence-corrected chi connectivity index (χ3v) is 4.30. The zero-order valence-electron chi connectivity index (χ0n) is 13.0. The molecule has 2 rings (SSSR count). The molecule has 1 aliphatic rings. The van der Waals surface area contributed by atoms with Gasteiger partial charge in [0, 0.05) is 12.6 Å². The first kappa shape index (κ1) is 15.5. The van der Waals surface area contributed by atoms with Crippen molar-refractivity contribution in [2.45, 2.75) is 51.5 Å². The highest BCUT2D eigenvalue weighted by Gasteiger charge is 2.19. The molecule has 1 N–H and O–H groups in total. The molecule has 20 heavy (non-hydrogen) atoms. The van der Waals surface area contributed by atoms with E-state index in [1.165, 1.54) is 70.3 Å². The Hall–Kier alpha value is -0.860. The smallest absolute Gasteiger partial charge is 0.0221 e. The number of hydrogen-bond acceptors (Lipinski definition) is 2. The molecule has 2 nitrogen and oxygen atoms in total. The van der Waals surface area contributed by atoms with E-state index in [0.717, 1.165) is 6.04 Å². The second-order valence-electron chi connectivity index (χ2n) is 5.98. The summed E-state index contributed by atoms with van der Waals surface area (Å²) in [7, 11) is 0. The Bertz CT molecular complexity index is 344. The fraction of sp³-hybridized carbons (Fsp3) is 0.667. The summed E-state index contributed by atoms with van der Waals surface area (Å²) in [6.45, 7) is 7.24. The van der Waals surface area contributed by atoms with Crippen molar-refractivity contribution in [3.8, 4) is 0 Å². The summed E-state index contributed by atoms with van der Waals surface area (Å²) in [4.78, 5) is 2.72. The van der Waals surface area contributed by atoms with Crippen LogP contribution in [0.2, 0.25) is 0 Å². The molecule has 0 spiro atoms. The first-order chi connectivity index (χ1) is 9.90. The van der Waals surface area contributed by atoms with E-state index >= 15 is 0 Å². The fourth-order valence-corrected chi connectivity index (χ4v) is 3.20. The van der Waals surface area contributed by atoms with Crippen molar-refractivity contribution in [3.05, 3.63) is 35.9 Å². The molecule has 0 radical (unpaired) electrons. The Morgan fingerprint density at radius 2 is 2.00 bits per heavy atom. The number of hydrogen-bond donors (Lipinski definition) is 1. The summed E-state index contributed by atoms with van der Waals surface area (Å²) in [6.07, 6.45) is 7.86. The summed E-state index contributed by atoms with van der Waals surface area (Å²) in [6, 6.07) is 11.7. The van der Waals surface area contributed by atoms with Gasteiger partial charge in [0.05, 0.1) is 0 Å². The van der Waals surface area contributed by atoms with Crippen LogP contribution in [0.15, 0.2) is 30.3 Å².